The normalized spacial score (nSPS) is 13.3. The van der Waals surface area contributed by atoms with Gasteiger partial charge in [0.1, 0.15) is 0 Å². The highest BCUT2D eigenvalue weighted by molar-refractivity contribution is 5.26. The van der Waals surface area contributed by atoms with Crippen LogP contribution in [0.25, 0.3) is 0 Å². The Morgan fingerprint density at radius 3 is 2.07 bits per heavy atom. The molecule has 0 nitrogen and oxygen atoms in total. The second-order valence-electron chi connectivity index (χ2n) is 3.42. The van der Waals surface area contributed by atoms with E-state index in [1.807, 2.05) is 31.2 Å². The van der Waals surface area contributed by atoms with Crippen molar-refractivity contribution in [3.05, 3.63) is 59.8 Å². The molecule has 0 spiro atoms. The first-order chi connectivity index (χ1) is 6.66. The molecule has 14 heavy (non-hydrogen) atoms. The van der Waals surface area contributed by atoms with Crippen molar-refractivity contribution in [2.24, 2.45) is 0 Å². The molecular weight excluding hydrogens is 168 g/mol. The van der Waals surface area contributed by atoms with E-state index in [2.05, 4.69) is 45.1 Å². The number of hydrogen-bond acceptors (Lipinski definition) is 0. The SMILES string of the molecule is C\C=C/C=C/C=C(C)/C=C/C=C(C)C. The van der Waals surface area contributed by atoms with Gasteiger partial charge in [-0.05, 0) is 27.7 Å². The zero-order chi connectivity index (χ0) is 10.8. The van der Waals surface area contributed by atoms with E-state index in [9.17, 15) is 0 Å². The minimum atomic E-state index is 1.25. The van der Waals surface area contributed by atoms with E-state index in [-0.39, 0.29) is 0 Å². The summed E-state index contributed by atoms with van der Waals surface area (Å²) in [6, 6.07) is 0. The summed E-state index contributed by atoms with van der Waals surface area (Å²) in [5, 5.41) is 0. The highest BCUT2D eigenvalue weighted by Crippen LogP contribution is 1.97. The van der Waals surface area contributed by atoms with E-state index in [0.717, 1.165) is 0 Å². The molecule has 0 heterocycles. The quantitative estimate of drug-likeness (QED) is 0.566. The molecule has 0 heteroatoms. The van der Waals surface area contributed by atoms with Gasteiger partial charge < -0.3 is 0 Å². The largest absolute Gasteiger partial charge is 0.0877 e. The van der Waals surface area contributed by atoms with Gasteiger partial charge in [-0.15, -0.1) is 0 Å². The summed E-state index contributed by atoms with van der Waals surface area (Å²) in [6.45, 7) is 8.29. The van der Waals surface area contributed by atoms with E-state index in [1.54, 1.807) is 0 Å². The molecule has 0 N–H and O–H groups in total. The molecule has 0 unspecified atom stereocenters. The smallest absolute Gasteiger partial charge is 0.0398 e. The third-order valence-corrected chi connectivity index (χ3v) is 1.56. The second kappa shape index (κ2) is 8.31. The van der Waals surface area contributed by atoms with Gasteiger partial charge >= 0.3 is 0 Å². The maximum Gasteiger partial charge on any atom is -0.0398 e. The van der Waals surface area contributed by atoms with E-state index < -0.39 is 0 Å². The zero-order valence-electron chi connectivity index (χ0n) is 9.62. The van der Waals surface area contributed by atoms with E-state index in [0.29, 0.717) is 0 Å². The molecule has 0 aromatic carbocycles. The lowest BCUT2D eigenvalue weighted by Gasteiger charge is -1.87. The third-order valence-electron chi connectivity index (χ3n) is 1.56. The van der Waals surface area contributed by atoms with Gasteiger partial charge in [0.15, 0.2) is 0 Å². The lowest BCUT2D eigenvalue weighted by atomic mass is 10.2. The summed E-state index contributed by atoms with van der Waals surface area (Å²) >= 11 is 0. The lowest BCUT2D eigenvalue weighted by molar-refractivity contribution is 1.39. The molecule has 0 aromatic heterocycles. The van der Waals surface area contributed by atoms with Crippen molar-refractivity contribution in [3.63, 3.8) is 0 Å². The van der Waals surface area contributed by atoms with Gasteiger partial charge in [-0.1, -0.05) is 59.8 Å². The van der Waals surface area contributed by atoms with Crippen LogP contribution >= 0.6 is 0 Å². The van der Waals surface area contributed by atoms with E-state index in [1.165, 1.54) is 11.1 Å². The molecule has 0 saturated carbocycles. The molecule has 0 atom stereocenters. The predicted molar refractivity (Wildman–Crippen MR) is 66.3 cm³/mol. The molecular formula is C14H20. The Bertz CT molecular complexity index is 279. The maximum atomic E-state index is 2.10. The Kier molecular flexibility index (Phi) is 7.53. The minimum Gasteiger partial charge on any atom is -0.0877 e. The molecule has 0 bridgehead atoms. The molecule has 0 aliphatic rings. The van der Waals surface area contributed by atoms with Crippen molar-refractivity contribution >= 4 is 0 Å². The molecule has 0 fully saturated rings. The van der Waals surface area contributed by atoms with Crippen molar-refractivity contribution in [1.29, 1.82) is 0 Å². The summed E-state index contributed by atoms with van der Waals surface area (Å²) in [5.74, 6) is 0. The van der Waals surface area contributed by atoms with Crippen molar-refractivity contribution < 1.29 is 0 Å². The van der Waals surface area contributed by atoms with Crippen molar-refractivity contribution in [3.8, 4) is 0 Å². The molecule has 0 amide bonds. The Morgan fingerprint density at radius 2 is 1.50 bits per heavy atom. The van der Waals surface area contributed by atoms with Crippen LogP contribution in [0.3, 0.4) is 0 Å². The van der Waals surface area contributed by atoms with Gasteiger partial charge in [0.25, 0.3) is 0 Å². The summed E-state index contributed by atoms with van der Waals surface area (Å²) in [5.41, 5.74) is 2.57. The fraction of sp³-hybridized carbons (Fsp3) is 0.286. The van der Waals surface area contributed by atoms with Crippen LogP contribution in [0.4, 0.5) is 0 Å². The van der Waals surface area contributed by atoms with Crippen LogP contribution in [0.15, 0.2) is 59.8 Å². The van der Waals surface area contributed by atoms with Crippen LogP contribution in [0.1, 0.15) is 27.7 Å². The summed E-state index contributed by atoms with van der Waals surface area (Å²) < 4.78 is 0. The lowest BCUT2D eigenvalue weighted by Crippen LogP contribution is -1.66. The molecule has 0 aliphatic heterocycles. The van der Waals surface area contributed by atoms with Gasteiger partial charge in [-0.3, -0.25) is 0 Å². The molecule has 0 rings (SSSR count). The Hall–Kier alpha value is -1.30. The molecule has 76 valence electrons. The van der Waals surface area contributed by atoms with Crippen molar-refractivity contribution in [2.75, 3.05) is 0 Å². The standard InChI is InChI=1S/C14H20/c1-5-6-7-8-11-14(4)12-9-10-13(2)3/h5-12H,1-4H3/b6-5-,8-7+,12-9+,14-11+. The second-order valence-corrected chi connectivity index (χ2v) is 3.42. The predicted octanol–water partition coefficient (Wildman–Crippen LogP) is 4.59. The minimum absolute atomic E-state index is 1.25. The zero-order valence-corrected chi connectivity index (χ0v) is 9.62. The summed E-state index contributed by atoms with van der Waals surface area (Å²) in [6.07, 6.45) is 16.5. The third kappa shape index (κ3) is 8.79. The Balaban J connectivity index is 4.13. The van der Waals surface area contributed by atoms with Crippen LogP contribution in [-0.4, -0.2) is 0 Å². The Labute approximate surface area is 88.0 Å². The Morgan fingerprint density at radius 1 is 0.786 bits per heavy atom. The molecule has 0 aliphatic carbocycles. The van der Waals surface area contributed by atoms with Gasteiger partial charge in [0.2, 0.25) is 0 Å². The van der Waals surface area contributed by atoms with Gasteiger partial charge in [0.05, 0.1) is 0 Å². The van der Waals surface area contributed by atoms with Gasteiger partial charge in [-0.25, -0.2) is 0 Å². The van der Waals surface area contributed by atoms with Gasteiger partial charge in [0, 0.05) is 0 Å². The molecule has 0 aromatic rings. The first-order valence-electron chi connectivity index (χ1n) is 4.94. The summed E-state index contributed by atoms with van der Waals surface area (Å²) in [7, 11) is 0. The topological polar surface area (TPSA) is 0 Å². The monoisotopic (exact) mass is 188 g/mol. The van der Waals surface area contributed by atoms with Gasteiger partial charge in [-0.2, -0.15) is 0 Å². The highest BCUT2D eigenvalue weighted by Gasteiger charge is 1.76. The van der Waals surface area contributed by atoms with Crippen molar-refractivity contribution in [1.82, 2.24) is 0 Å². The number of rotatable bonds is 4. The highest BCUT2D eigenvalue weighted by atomic mass is 13.8. The fourth-order valence-corrected chi connectivity index (χ4v) is 0.830. The first kappa shape index (κ1) is 12.7. The van der Waals surface area contributed by atoms with Crippen molar-refractivity contribution in [2.45, 2.75) is 27.7 Å². The van der Waals surface area contributed by atoms with E-state index >= 15 is 0 Å². The fourth-order valence-electron chi connectivity index (χ4n) is 0.830. The average Bonchev–Trinajstić information content (AvgIpc) is 2.12. The summed E-state index contributed by atoms with van der Waals surface area (Å²) in [4.78, 5) is 0. The van der Waals surface area contributed by atoms with Crippen LogP contribution in [0.5, 0.6) is 0 Å². The average molecular weight is 188 g/mol. The van der Waals surface area contributed by atoms with Crippen LogP contribution in [-0.2, 0) is 0 Å². The molecule has 0 radical (unpaired) electrons. The van der Waals surface area contributed by atoms with Crippen LogP contribution in [0, 0.1) is 0 Å². The number of allylic oxidation sites excluding steroid dienone is 10. The van der Waals surface area contributed by atoms with Crippen LogP contribution < -0.4 is 0 Å². The van der Waals surface area contributed by atoms with E-state index in [4.69, 9.17) is 0 Å². The first-order valence-corrected chi connectivity index (χ1v) is 4.94. The van der Waals surface area contributed by atoms with Crippen LogP contribution in [0.2, 0.25) is 0 Å². The molecule has 0 saturated heterocycles. The maximum absolute atomic E-state index is 2.10. The number of hydrogen-bond donors (Lipinski definition) is 0.